The average molecular weight is 390 g/mol. The predicted octanol–water partition coefficient (Wildman–Crippen LogP) is 2.56. The number of ether oxygens (including phenoxy) is 1. The summed E-state index contributed by atoms with van der Waals surface area (Å²) < 4.78 is 10.4. The molecule has 0 atom stereocenters. The summed E-state index contributed by atoms with van der Waals surface area (Å²) in [5.41, 5.74) is 5.12. The highest BCUT2D eigenvalue weighted by atomic mass is 16.5. The van der Waals surface area contributed by atoms with Crippen LogP contribution < -0.4 is 10.4 Å². The number of rotatable bonds is 5. The molecule has 0 radical (unpaired) electrons. The van der Waals surface area contributed by atoms with E-state index in [0.717, 1.165) is 27.9 Å². The molecule has 4 rings (SSSR count). The molecule has 0 saturated heterocycles. The number of tetrazole rings is 1. The van der Waals surface area contributed by atoms with Gasteiger partial charge in [-0.2, -0.15) is 14.5 Å². The third-order valence-corrected chi connectivity index (χ3v) is 4.96. The summed E-state index contributed by atoms with van der Waals surface area (Å²) in [6.07, 6.45) is 0. The van der Waals surface area contributed by atoms with Gasteiger partial charge in [0, 0.05) is 30.8 Å². The van der Waals surface area contributed by atoms with Crippen LogP contribution in [0, 0.1) is 13.8 Å². The zero-order chi connectivity index (χ0) is 20.5. The van der Waals surface area contributed by atoms with Crippen molar-refractivity contribution in [1.82, 2.24) is 29.6 Å². The Kier molecular flexibility index (Phi) is 4.75. The first-order valence-electron chi connectivity index (χ1n) is 9.27. The molecule has 8 heteroatoms. The van der Waals surface area contributed by atoms with Gasteiger partial charge in [-0.3, -0.25) is 0 Å². The monoisotopic (exact) mass is 390 g/mol. The Morgan fingerprint density at radius 3 is 2.38 bits per heavy atom. The van der Waals surface area contributed by atoms with Crippen molar-refractivity contribution in [2.24, 2.45) is 14.1 Å². The Labute approximate surface area is 168 Å². The normalized spacial score (nSPS) is 11.0. The second-order valence-corrected chi connectivity index (χ2v) is 6.93. The van der Waals surface area contributed by atoms with E-state index >= 15 is 0 Å². The van der Waals surface area contributed by atoms with Gasteiger partial charge in [0.05, 0.1) is 11.4 Å². The SMILES string of the molecule is Cc1cccc(-n2nnn(C)c2=O)c1COc1c(C)c(-c2ccccc2)nn1C. The van der Waals surface area contributed by atoms with Crippen LogP contribution in [-0.2, 0) is 20.7 Å². The van der Waals surface area contributed by atoms with E-state index in [9.17, 15) is 4.79 Å². The molecule has 0 fully saturated rings. The topological polar surface area (TPSA) is 79.8 Å². The van der Waals surface area contributed by atoms with Crippen molar-refractivity contribution < 1.29 is 4.74 Å². The van der Waals surface area contributed by atoms with Crippen LogP contribution in [0.1, 0.15) is 16.7 Å². The largest absolute Gasteiger partial charge is 0.473 e. The minimum atomic E-state index is -0.306. The Morgan fingerprint density at radius 2 is 1.69 bits per heavy atom. The number of aryl methyl sites for hydroxylation is 3. The van der Waals surface area contributed by atoms with Gasteiger partial charge in [-0.25, -0.2) is 9.48 Å². The summed E-state index contributed by atoms with van der Waals surface area (Å²) in [7, 11) is 3.43. The van der Waals surface area contributed by atoms with Crippen LogP contribution >= 0.6 is 0 Å². The van der Waals surface area contributed by atoms with E-state index in [4.69, 9.17) is 4.74 Å². The van der Waals surface area contributed by atoms with E-state index in [-0.39, 0.29) is 12.3 Å². The molecular formula is C21H22N6O2. The van der Waals surface area contributed by atoms with Crippen LogP contribution in [0.25, 0.3) is 16.9 Å². The van der Waals surface area contributed by atoms with Crippen molar-refractivity contribution >= 4 is 0 Å². The van der Waals surface area contributed by atoms with Crippen LogP contribution in [0.3, 0.4) is 0 Å². The second-order valence-electron chi connectivity index (χ2n) is 6.93. The van der Waals surface area contributed by atoms with Gasteiger partial charge in [-0.15, -0.1) is 0 Å². The van der Waals surface area contributed by atoms with E-state index < -0.39 is 0 Å². The van der Waals surface area contributed by atoms with Gasteiger partial charge in [0.2, 0.25) is 5.88 Å². The van der Waals surface area contributed by atoms with Crippen LogP contribution in [0.4, 0.5) is 0 Å². The lowest BCUT2D eigenvalue weighted by atomic mass is 10.1. The Morgan fingerprint density at radius 1 is 0.931 bits per heavy atom. The molecule has 0 saturated carbocycles. The molecule has 2 aromatic heterocycles. The lowest BCUT2D eigenvalue weighted by Gasteiger charge is -2.13. The maximum atomic E-state index is 12.3. The minimum absolute atomic E-state index is 0.277. The first-order valence-corrected chi connectivity index (χ1v) is 9.27. The number of hydrogen-bond donors (Lipinski definition) is 0. The van der Waals surface area contributed by atoms with Crippen molar-refractivity contribution in [2.75, 3.05) is 0 Å². The molecule has 0 spiro atoms. The Balaban J connectivity index is 1.68. The third-order valence-electron chi connectivity index (χ3n) is 4.96. The zero-order valence-electron chi connectivity index (χ0n) is 16.8. The first kappa shape index (κ1) is 18.7. The smallest absolute Gasteiger partial charge is 0.368 e. The zero-order valence-corrected chi connectivity index (χ0v) is 16.8. The van der Waals surface area contributed by atoms with Crippen molar-refractivity contribution in [2.45, 2.75) is 20.5 Å². The lowest BCUT2D eigenvalue weighted by Crippen LogP contribution is -2.23. The van der Waals surface area contributed by atoms with Crippen molar-refractivity contribution in [1.29, 1.82) is 0 Å². The summed E-state index contributed by atoms with van der Waals surface area (Å²) in [4.78, 5) is 12.3. The highest BCUT2D eigenvalue weighted by molar-refractivity contribution is 5.64. The second kappa shape index (κ2) is 7.38. The number of benzene rings is 2. The molecule has 4 aromatic rings. The molecule has 0 N–H and O–H groups in total. The highest BCUT2D eigenvalue weighted by Crippen LogP contribution is 2.30. The lowest BCUT2D eigenvalue weighted by molar-refractivity contribution is 0.275. The minimum Gasteiger partial charge on any atom is -0.473 e. The molecule has 2 heterocycles. The molecule has 0 aliphatic heterocycles. The standard InChI is InChI=1S/C21H22N6O2/c1-14-9-8-12-18(27-21(28)26(4)23-24-27)17(14)13-29-20-15(2)19(22-25(20)3)16-10-6-5-7-11-16/h5-12H,13H2,1-4H3. The van der Waals surface area contributed by atoms with Crippen molar-refractivity contribution in [3.63, 3.8) is 0 Å². The van der Waals surface area contributed by atoms with Gasteiger partial charge in [0.25, 0.3) is 0 Å². The molecule has 8 nitrogen and oxygen atoms in total. The Bertz CT molecular complexity index is 1220. The maximum absolute atomic E-state index is 12.3. The molecule has 0 aliphatic rings. The fourth-order valence-electron chi connectivity index (χ4n) is 3.36. The summed E-state index contributed by atoms with van der Waals surface area (Å²) in [5.74, 6) is 0.685. The molecular weight excluding hydrogens is 368 g/mol. The molecule has 0 unspecified atom stereocenters. The maximum Gasteiger partial charge on any atom is 0.368 e. The summed E-state index contributed by atoms with van der Waals surface area (Å²) in [6.45, 7) is 4.26. The van der Waals surface area contributed by atoms with Crippen LogP contribution in [0.2, 0.25) is 0 Å². The van der Waals surface area contributed by atoms with E-state index in [1.165, 1.54) is 9.36 Å². The van der Waals surface area contributed by atoms with Gasteiger partial charge >= 0.3 is 5.69 Å². The van der Waals surface area contributed by atoms with Gasteiger partial charge in [-0.1, -0.05) is 42.5 Å². The number of hydrogen-bond acceptors (Lipinski definition) is 5. The molecule has 148 valence electrons. The summed E-state index contributed by atoms with van der Waals surface area (Å²) >= 11 is 0. The number of aromatic nitrogens is 6. The van der Waals surface area contributed by atoms with Gasteiger partial charge in [-0.05, 0) is 35.9 Å². The van der Waals surface area contributed by atoms with Gasteiger partial charge in [0.1, 0.15) is 6.61 Å². The van der Waals surface area contributed by atoms with E-state index in [2.05, 4.69) is 15.5 Å². The highest BCUT2D eigenvalue weighted by Gasteiger charge is 2.18. The van der Waals surface area contributed by atoms with Crippen LogP contribution in [-0.4, -0.2) is 29.6 Å². The van der Waals surface area contributed by atoms with E-state index in [1.54, 1.807) is 11.7 Å². The van der Waals surface area contributed by atoms with E-state index in [1.807, 2.05) is 69.4 Å². The van der Waals surface area contributed by atoms with Crippen molar-refractivity contribution in [3.05, 3.63) is 75.7 Å². The molecule has 0 aliphatic carbocycles. The quantitative estimate of drug-likeness (QED) is 0.523. The molecule has 0 amide bonds. The fourth-order valence-corrected chi connectivity index (χ4v) is 3.36. The molecule has 0 bridgehead atoms. The van der Waals surface area contributed by atoms with E-state index in [0.29, 0.717) is 11.6 Å². The van der Waals surface area contributed by atoms with Crippen molar-refractivity contribution in [3.8, 4) is 22.8 Å². The van der Waals surface area contributed by atoms with Gasteiger partial charge in [0.15, 0.2) is 0 Å². The molecule has 29 heavy (non-hydrogen) atoms. The molecule has 2 aromatic carbocycles. The number of nitrogens with zero attached hydrogens (tertiary/aromatic N) is 6. The predicted molar refractivity (Wildman–Crippen MR) is 109 cm³/mol. The average Bonchev–Trinajstić information content (AvgIpc) is 3.20. The van der Waals surface area contributed by atoms with Gasteiger partial charge < -0.3 is 4.74 Å². The summed E-state index contributed by atoms with van der Waals surface area (Å²) in [6, 6.07) is 15.7. The third kappa shape index (κ3) is 3.33. The van der Waals surface area contributed by atoms with Crippen LogP contribution in [0.15, 0.2) is 53.3 Å². The Hall–Kier alpha value is -3.68. The first-order chi connectivity index (χ1) is 14.0. The fraction of sp³-hybridized carbons (Fsp3) is 0.238. The van der Waals surface area contributed by atoms with Crippen LogP contribution in [0.5, 0.6) is 5.88 Å². The summed E-state index contributed by atoms with van der Waals surface area (Å²) in [5, 5.41) is 12.4.